The zero-order valence-electron chi connectivity index (χ0n) is 11.5. The molecule has 3 rings (SSSR count). The lowest BCUT2D eigenvalue weighted by Crippen LogP contribution is -2.33. The Morgan fingerprint density at radius 3 is 2.14 bits per heavy atom. The molecule has 0 heterocycles. The first-order valence-corrected chi connectivity index (χ1v) is 7.07. The van der Waals surface area contributed by atoms with Crippen LogP contribution in [0.15, 0.2) is 42.5 Å². The van der Waals surface area contributed by atoms with E-state index in [1.807, 2.05) is 12.1 Å². The number of fused-ring (bicyclic) bond motifs is 1. The van der Waals surface area contributed by atoms with Gasteiger partial charge in [0, 0.05) is 12.6 Å². The van der Waals surface area contributed by atoms with E-state index in [0.29, 0.717) is 0 Å². The molecule has 0 radical (unpaired) electrons. The van der Waals surface area contributed by atoms with Crippen LogP contribution >= 0.6 is 0 Å². The second kappa shape index (κ2) is 5.92. The number of aliphatic hydroxyl groups excluding tert-OH is 1. The van der Waals surface area contributed by atoms with Crippen LogP contribution < -0.4 is 5.32 Å². The van der Waals surface area contributed by atoms with Crippen molar-refractivity contribution in [3.8, 4) is 0 Å². The third-order valence-electron chi connectivity index (χ3n) is 3.98. The van der Waals surface area contributed by atoms with Gasteiger partial charge in [-0.1, -0.05) is 30.3 Å². The fourth-order valence-electron chi connectivity index (χ4n) is 2.91. The van der Waals surface area contributed by atoms with E-state index < -0.39 is 17.7 Å². The maximum Gasteiger partial charge on any atom is 0.131 e. The highest BCUT2D eigenvalue weighted by Gasteiger charge is 2.23. The number of nitrogens with one attached hydrogen (secondary N) is 1. The summed E-state index contributed by atoms with van der Waals surface area (Å²) in [4.78, 5) is 0. The predicted molar refractivity (Wildman–Crippen MR) is 77.0 cm³/mol. The number of rotatable bonds is 4. The van der Waals surface area contributed by atoms with Crippen LogP contribution in [0, 0.1) is 11.6 Å². The number of hydrogen-bond acceptors (Lipinski definition) is 2. The van der Waals surface area contributed by atoms with E-state index in [9.17, 15) is 13.9 Å². The maximum atomic E-state index is 13.6. The minimum atomic E-state index is -1.19. The Morgan fingerprint density at radius 2 is 1.57 bits per heavy atom. The summed E-state index contributed by atoms with van der Waals surface area (Å²) in [7, 11) is 0. The molecule has 2 aromatic rings. The fourth-order valence-corrected chi connectivity index (χ4v) is 2.91. The third-order valence-corrected chi connectivity index (χ3v) is 3.98. The number of hydrogen-bond donors (Lipinski definition) is 2. The first kappa shape index (κ1) is 14.2. The lowest BCUT2D eigenvalue weighted by molar-refractivity contribution is 0.160. The Balaban J connectivity index is 1.62. The average Bonchev–Trinajstić information content (AvgIpc) is 2.87. The van der Waals surface area contributed by atoms with Gasteiger partial charge in [-0.05, 0) is 36.1 Å². The second-order valence-corrected chi connectivity index (χ2v) is 5.43. The Hall–Kier alpha value is -1.78. The predicted octanol–water partition coefficient (Wildman–Crippen LogP) is 2.76. The van der Waals surface area contributed by atoms with E-state index >= 15 is 0 Å². The standard InChI is InChI=1S/C17H17F2NO/c18-14-6-3-7-15(19)17(14)16(21)10-20-13-8-11-4-1-2-5-12(11)9-13/h1-7,13,16,20-21H,8-10H2. The van der Waals surface area contributed by atoms with Crippen LogP contribution in [0.25, 0.3) is 0 Å². The van der Waals surface area contributed by atoms with Crippen LogP contribution in [0.2, 0.25) is 0 Å². The van der Waals surface area contributed by atoms with Crippen molar-refractivity contribution >= 4 is 0 Å². The molecule has 2 nitrogen and oxygen atoms in total. The molecule has 0 aromatic heterocycles. The minimum absolute atomic E-state index is 0.135. The summed E-state index contributed by atoms with van der Waals surface area (Å²) >= 11 is 0. The Morgan fingerprint density at radius 1 is 1.00 bits per heavy atom. The second-order valence-electron chi connectivity index (χ2n) is 5.43. The molecule has 2 N–H and O–H groups in total. The summed E-state index contributed by atoms with van der Waals surface area (Å²) in [6.45, 7) is 0.135. The molecule has 1 aliphatic carbocycles. The molecule has 21 heavy (non-hydrogen) atoms. The van der Waals surface area contributed by atoms with Crippen LogP contribution in [0.3, 0.4) is 0 Å². The van der Waals surface area contributed by atoms with Crippen molar-refractivity contribution in [1.29, 1.82) is 0 Å². The van der Waals surface area contributed by atoms with Crippen LogP contribution in [0.1, 0.15) is 22.8 Å². The van der Waals surface area contributed by atoms with Gasteiger partial charge in [-0.15, -0.1) is 0 Å². The topological polar surface area (TPSA) is 32.3 Å². The highest BCUT2D eigenvalue weighted by molar-refractivity contribution is 5.33. The van der Waals surface area contributed by atoms with Gasteiger partial charge < -0.3 is 10.4 Å². The van der Waals surface area contributed by atoms with Crippen molar-refractivity contribution in [2.75, 3.05) is 6.54 Å². The third kappa shape index (κ3) is 2.96. The van der Waals surface area contributed by atoms with E-state index in [0.717, 1.165) is 25.0 Å². The van der Waals surface area contributed by atoms with Crippen LogP contribution in [0.4, 0.5) is 8.78 Å². The summed E-state index contributed by atoms with van der Waals surface area (Å²) < 4.78 is 27.2. The van der Waals surface area contributed by atoms with Gasteiger partial charge in [-0.2, -0.15) is 0 Å². The summed E-state index contributed by atoms with van der Waals surface area (Å²) in [5.41, 5.74) is 2.32. The summed E-state index contributed by atoms with van der Waals surface area (Å²) in [6.07, 6.45) is 0.570. The molecule has 1 atom stereocenters. The number of halogens is 2. The van der Waals surface area contributed by atoms with Gasteiger partial charge in [0.1, 0.15) is 11.6 Å². The van der Waals surface area contributed by atoms with Gasteiger partial charge in [-0.3, -0.25) is 0 Å². The van der Waals surface area contributed by atoms with Gasteiger partial charge in [0.15, 0.2) is 0 Å². The molecule has 0 aliphatic heterocycles. The first-order chi connectivity index (χ1) is 10.1. The van der Waals surface area contributed by atoms with E-state index in [1.54, 1.807) is 0 Å². The quantitative estimate of drug-likeness (QED) is 0.907. The van der Waals surface area contributed by atoms with Crippen molar-refractivity contribution in [3.05, 3.63) is 70.8 Å². The molecule has 2 aromatic carbocycles. The maximum absolute atomic E-state index is 13.6. The van der Waals surface area contributed by atoms with Gasteiger partial charge >= 0.3 is 0 Å². The highest BCUT2D eigenvalue weighted by atomic mass is 19.1. The zero-order chi connectivity index (χ0) is 14.8. The summed E-state index contributed by atoms with van der Waals surface area (Å²) in [6, 6.07) is 12.0. The van der Waals surface area contributed by atoms with Crippen molar-refractivity contribution < 1.29 is 13.9 Å². The lowest BCUT2D eigenvalue weighted by atomic mass is 10.1. The molecule has 1 aliphatic rings. The summed E-state index contributed by atoms with van der Waals surface area (Å²) in [5, 5.41) is 13.2. The van der Waals surface area contributed by atoms with Crippen molar-refractivity contribution in [2.24, 2.45) is 0 Å². The molecule has 0 fully saturated rings. The first-order valence-electron chi connectivity index (χ1n) is 7.07. The van der Waals surface area contributed by atoms with Crippen molar-refractivity contribution in [2.45, 2.75) is 25.0 Å². The molecule has 0 saturated carbocycles. The monoisotopic (exact) mass is 289 g/mol. The van der Waals surface area contributed by atoms with Crippen molar-refractivity contribution in [1.82, 2.24) is 5.32 Å². The normalized spacial score (nSPS) is 16.0. The molecule has 0 amide bonds. The molecule has 110 valence electrons. The molecular weight excluding hydrogens is 272 g/mol. The molecule has 0 saturated heterocycles. The Labute approximate surface area is 122 Å². The Bertz CT molecular complexity index is 599. The van der Waals surface area contributed by atoms with Crippen LogP contribution in [0.5, 0.6) is 0 Å². The minimum Gasteiger partial charge on any atom is -0.387 e. The van der Waals surface area contributed by atoms with E-state index in [-0.39, 0.29) is 18.2 Å². The zero-order valence-corrected chi connectivity index (χ0v) is 11.5. The summed E-state index contributed by atoms with van der Waals surface area (Å²) in [5.74, 6) is -1.42. The number of aliphatic hydroxyl groups is 1. The van der Waals surface area contributed by atoms with Crippen LogP contribution in [-0.2, 0) is 12.8 Å². The van der Waals surface area contributed by atoms with Crippen molar-refractivity contribution in [3.63, 3.8) is 0 Å². The Kier molecular flexibility index (Phi) is 3.99. The van der Waals surface area contributed by atoms with Gasteiger partial charge in [0.05, 0.1) is 11.7 Å². The molecule has 0 spiro atoms. The molecule has 4 heteroatoms. The van der Waals surface area contributed by atoms with Gasteiger partial charge in [0.2, 0.25) is 0 Å². The molecular formula is C17H17F2NO. The van der Waals surface area contributed by atoms with Gasteiger partial charge in [-0.25, -0.2) is 8.78 Å². The van der Waals surface area contributed by atoms with E-state index in [1.165, 1.54) is 17.2 Å². The van der Waals surface area contributed by atoms with E-state index in [2.05, 4.69) is 17.4 Å². The highest BCUT2D eigenvalue weighted by Crippen LogP contribution is 2.23. The number of benzene rings is 2. The smallest absolute Gasteiger partial charge is 0.131 e. The van der Waals surface area contributed by atoms with Gasteiger partial charge in [0.25, 0.3) is 0 Å². The SMILES string of the molecule is OC(CNC1Cc2ccccc2C1)c1c(F)cccc1F. The largest absolute Gasteiger partial charge is 0.387 e. The molecule has 1 unspecified atom stereocenters. The van der Waals surface area contributed by atoms with E-state index in [4.69, 9.17) is 0 Å². The fraction of sp³-hybridized carbons (Fsp3) is 0.294. The van der Waals surface area contributed by atoms with Crippen LogP contribution in [-0.4, -0.2) is 17.7 Å². The molecule has 0 bridgehead atoms. The lowest BCUT2D eigenvalue weighted by Gasteiger charge is -2.17. The average molecular weight is 289 g/mol.